The number of aromatic nitrogens is 2. The minimum Gasteiger partial charge on any atom is -0.489 e. The van der Waals surface area contributed by atoms with Crippen LogP contribution < -0.4 is 25.6 Å². The van der Waals surface area contributed by atoms with Crippen LogP contribution in [-0.4, -0.2) is 91.2 Å². The largest absolute Gasteiger partial charge is 0.489 e. The summed E-state index contributed by atoms with van der Waals surface area (Å²) in [5.74, 6) is 0.802. The van der Waals surface area contributed by atoms with Gasteiger partial charge in [0.1, 0.15) is 17.4 Å². The summed E-state index contributed by atoms with van der Waals surface area (Å²) in [6.07, 6.45) is 5.78. The van der Waals surface area contributed by atoms with E-state index in [-0.39, 0.29) is 23.5 Å². The fraction of sp³-hybridized carbons (Fsp3) is 0.394. The fourth-order valence-electron chi connectivity index (χ4n) is 5.81. The van der Waals surface area contributed by atoms with Crippen molar-refractivity contribution < 1.29 is 17.9 Å². The van der Waals surface area contributed by atoms with Gasteiger partial charge in [-0.3, -0.25) is 9.69 Å². The molecule has 248 valence electrons. The summed E-state index contributed by atoms with van der Waals surface area (Å²) in [5, 5.41) is 19.0. The number of nitrogens with one attached hydrogen (secondary N) is 3. The van der Waals surface area contributed by atoms with Gasteiger partial charge in [-0.15, -0.1) is 0 Å². The number of rotatable bonds is 11. The van der Waals surface area contributed by atoms with Crippen LogP contribution in [0.3, 0.4) is 0 Å². The summed E-state index contributed by atoms with van der Waals surface area (Å²) in [5.41, 5.74) is 2.98. The molecule has 14 heteroatoms. The molecule has 0 unspecified atom stereocenters. The van der Waals surface area contributed by atoms with Crippen molar-refractivity contribution in [1.29, 1.82) is 5.26 Å². The number of ether oxygens (including phenoxy) is 1. The smallest absolute Gasteiger partial charge is 0.247 e. The number of sulfonamides is 1. The highest BCUT2D eigenvalue weighted by Gasteiger charge is 2.30. The van der Waals surface area contributed by atoms with Crippen LogP contribution in [0.4, 0.5) is 34.5 Å². The van der Waals surface area contributed by atoms with Crippen LogP contribution in [0.1, 0.15) is 32.3 Å². The van der Waals surface area contributed by atoms with Gasteiger partial charge in [0.15, 0.2) is 5.82 Å². The highest BCUT2D eigenvalue weighted by molar-refractivity contribution is 7.88. The Kier molecular flexibility index (Phi) is 10.6. The average molecular weight is 660 g/mol. The van der Waals surface area contributed by atoms with Gasteiger partial charge < -0.3 is 25.6 Å². The van der Waals surface area contributed by atoms with E-state index in [0.29, 0.717) is 47.8 Å². The first-order chi connectivity index (χ1) is 22.5. The molecule has 3 N–H and O–H groups in total. The zero-order valence-corrected chi connectivity index (χ0v) is 27.8. The number of nitrogens with zero attached hydrogens (tertiary/aromatic N) is 6. The van der Waals surface area contributed by atoms with Crippen molar-refractivity contribution >= 4 is 50.4 Å². The second-order valence-corrected chi connectivity index (χ2v) is 13.8. The zero-order valence-electron chi connectivity index (χ0n) is 26.9. The van der Waals surface area contributed by atoms with Crippen LogP contribution >= 0.6 is 0 Å². The van der Waals surface area contributed by atoms with Crippen LogP contribution in [0, 0.1) is 11.3 Å². The maximum absolute atomic E-state index is 12.4. The van der Waals surface area contributed by atoms with E-state index in [1.807, 2.05) is 56.3 Å². The van der Waals surface area contributed by atoms with Crippen LogP contribution in [0.15, 0.2) is 61.3 Å². The van der Waals surface area contributed by atoms with Crippen LogP contribution in [0.2, 0.25) is 0 Å². The van der Waals surface area contributed by atoms with Gasteiger partial charge >= 0.3 is 0 Å². The van der Waals surface area contributed by atoms with E-state index in [0.717, 1.165) is 44.7 Å². The van der Waals surface area contributed by atoms with Crippen molar-refractivity contribution in [3.8, 4) is 11.8 Å². The third-order valence-electron chi connectivity index (χ3n) is 8.19. The lowest BCUT2D eigenvalue weighted by Crippen LogP contribution is -2.54. The Labute approximate surface area is 276 Å². The molecule has 2 saturated heterocycles. The van der Waals surface area contributed by atoms with Crippen LogP contribution in [-0.2, 0) is 14.8 Å². The first-order valence-corrected chi connectivity index (χ1v) is 17.5. The zero-order chi connectivity index (χ0) is 33.6. The Morgan fingerprint density at radius 2 is 1.77 bits per heavy atom. The molecule has 5 rings (SSSR count). The molecule has 47 heavy (non-hydrogen) atoms. The molecule has 1 amide bonds. The number of anilines is 6. The molecule has 0 aliphatic carbocycles. The van der Waals surface area contributed by atoms with Crippen molar-refractivity contribution in [2.45, 2.75) is 38.8 Å². The quantitative estimate of drug-likeness (QED) is 0.253. The van der Waals surface area contributed by atoms with E-state index >= 15 is 0 Å². The van der Waals surface area contributed by atoms with Gasteiger partial charge in [-0.2, -0.15) is 14.6 Å². The molecular weight excluding hydrogens is 618 g/mol. The van der Waals surface area contributed by atoms with E-state index in [4.69, 9.17) is 4.74 Å². The number of hydrogen-bond donors (Lipinski definition) is 3. The lowest BCUT2D eigenvalue weighted by Gasteiger charge is -2.42. The summed E-state index contributed by atoms with van der Waals surface area (Å²) >= 11 is 0. The number of amides is 1. The fourth-order valence-corrected chi connectivity index (χ4v) is 6.64. The predicted molar refractivity (Wildman–Crippen MR) is 184 cm³/mol. The summed E-state index contributed by atoms with van der Waals surface area (Å²) in [4.78, 5) is 26.0. The lowest BCUT2D eigenvalue weighted by atomic mass is 10.0. The molecule has 3 aromatic rings. The third kappa shape index (κ3) is 8.56. The SMILES string of the molecule is C=CC(=O)Nc1cc(N2CCC(N3CCN(S(C)(=O)=O)CC3)CC2)ccc1Nc1ncc(C#N)c(Nc2ccccc2OC(C)C)n1. The molecule has 0 atom stereocenters. The molecule has 0 radical (unpaired) electrons. The number of benzene rings is 2. The maximum Gasteiger partial charge on any atom is 0.247 e. The van der Waals surface area contributed by atoms with Gasteiger partial charge in [-0.25, -0.2) is 13.4 Å². The van der Waals surface area contributed by atoms with Crippen molar-refractivity contribution in [1.82, 2.24) is 19.2 Å². The Morgan fingerprint density at radius 1 is 1.04 bits per heavy atom. The lowest BCUT2D eigenvalue weighted by molar-refractivity contribution is -0.111. The van der Waals surface area contributed by atoms with Gasteiger partial charge in [0.05, 0.1) is 35.6 Å². The van der Waals surface area contributed by atoms with Crippen molar-refractivity contribution in [3.05, 3.63) is 66.9 Å². The summed E-state index contributed by atoms with van der Waals surface area (Å²) in [6.45, 7) is 11.7. The second-order valence-electron chi connectivity index (χ2n) is 11.8. The van der Waals surface area contributed by atoms with Crippen LogP contribution in [0.5, 0.6) is 5.75 Å². The van der Waals surface area contributed by atoms with Gasteiger partial charge in [0.25, 0.3) is 0 Å². The Morgan fingerprint density at radius 3 is 2.43 bits per heavy atom. The summed E-state index contributed by atoms with van der Waals surface area (Å²) in [6, 6.07) is 15.7. The Bertz CT molecular complexity index is 1740. The molecule has 2 aromatic carbocycles. The van der Waals surface area contributed by atoms with E-state index in [9.17, 15) is 18.5 Å². The minimum absolute atomic E-state index is 0.0422. The minimum atomic E-state index is -3.16. The number of carbonyl (C=O) groups excluding carboxylic acids is 1. The highest BCUT2D eigenvalue weighted by Crippen LogP contribution is 2.33. The first kappa shape index (κ1) is 33.6. The Balaban J connectivity index is 1.31. The van der Waals surface area contributed by atoms with Crippen LogP contribution in [0.25, 0.3) is 0 Å². The Hall–Kier alpha value is -4.71. The van der Waals surface area contributed by atoms with E-state index in [2.05, 4.69) is 48.4 Å². The highest BCUT2D eigenvalue weighted by atomic mass is 32.2. The average Bonchev–Trinajstić information content (AvgIpc) is 3.06. The molecule has 1 aromatic heterocycles. The van der Waals surface area contributed by atoms with Gasteiger partial charge in [-0.1, -0.05) is 18.7 Å². The van der Waals surface area contributed by atoms with Crippen molar-refractivity contribution in [2.24, 2.45) is 0 Å². The van der Waals surface area contributed by atoms with Gasteiger partial charge in [-0.05, 0) is 63.1 Å². The molecular formula is C33H41N9O4S. The van der Waals surface area contributed by atoms with Gasteiger partial charge in [0, 0.05) is 51.0 Å². The summed E-state index contributed by atoms with van der Waals surface area (Å²) in [7, 11) is -3.16. The molecule has 0 bridgehead atoms. The second kappa shape index (κ2) is 14.8. The molecule has 2 fully saturated rings. The summed E-state index contributed by atoms with van der Waals surface area (Å²) < 4.78 is 31.3. The van der Waals surface area contributed by atoms with Crippen molar-refractivity contribution in [2.75, 3.05) is 66.4 Å². The maximum atomic E-state index is 12.4. The topological polar surface area (TPSA) is 156 Å². The normalized spacial score (nSPS) is 16.4. The number of para-hydroxylation sites is 2. The molecule has 13 nitrogen and oxygen atoms in total. The van der Waals surface area contributed by atoms with E-state index in [1.54, 1.807) is 4.31 Å². The number of hydrogen-bond acceptors (Lipinski definition) is 11. The third-order valence-corrected chi connectivity index (χ3v) is 9.50. The monoisotopic (exact) mass is 659 g/mol. The molecule has 0 saturated carbocycles. The van der Waals surface area contributed by atoms with E-state index in [1.165, 1.54) is 18.5 Å². The standard InChI is InChI=1S/C33H41N9O4S/c1-5-31(43)36-29-20-26(40-14-12-25(13-15-40)41-16-18-42(19-17-41)47(4,44)45)10-11-27(29)38-33-35-22-24(21-34)32(39-33)37-28-8-6-7-9-30(28)46-23(2)3/h5-11,20,22-23,25H,1,12-19H2,2-4H3,(H,36,43)(H2,35,37,38,39). The first-order valence-electron chi connectivity index (χ1n) is 15.6. The number of piperidine rings is 1. The van der Waals surface area contributed by atoms with Crippen molar-refractivity contribution in [3.63, 3.8) is 0 Å². The molecule has 0 spiro atoms. The molecule has 2 aliphatic heterocycles. The van der Waals surface area contributed by atoms with E-state index < -0.39 is 10.0 Å². The molecule has 3 heterocycles. The van der Waals surface area contributed by atoms with Gasteiger partial charge in [0.2, 0.25) is 21.9 Å². The number of piperazine rings is 1. The number of carbonyl (C=O) groups is 1. The predicted octanol–water partition coefficient (Wildman–Crippen LogP) is 4.29. The number of nitriles is 1. The molecule has 2 aliphatic rings.